The van der Waals surface area contributed by atoms with E-state index in [1.54, 1.807) is 6.92 Å². The van der Waals surface area contributed by atoms with E-state index in [0.717, 1.165) is 27.9 Å². The van der Waals surface area contributed by atoms with E-state index < -0.39 is 6.10 Å². The average molecular weight is 383 g/mol. The van der Waals surface area contributed by atoms with Gasteiger partial charge in [0, 0.05) is 5.69 Å². The van der Waals surface area contributed by atoms with Crippen LogP contribution in [0.2, 0.25) is 0 Å². The van der Waals surface area contributed by atoms with E-state index in [-0.39, 0.29) is 18.4 Å². The predicted molar refractivity (Wildman–Crippen MR) is 113 cm³/mol. The van der Waals surface area contributed by atoms with Crippen LogP contribution in [-0.2, 0) is 9.59 Å². The minimum atomic E-state index is -0.700. The molecule has 0 spiro atoms. The Morgan fingerprint density at radius 3 is 2.21 bits per heavy atom. The third-order valence-corrected chi connectivity index (χ3v) is 4.72. The lowest BCUT2D eigenvalue weighted by Gasteiger charge is -2.18. The quantitative estimate of drug-likeness (QED) is 0.752. The standard InChI is InChI=1S/C23H30N2O3/c1-14(2)19-11-10-15(3)20(12-19)28-18(6)23(27)24-13-21(26)25-22-16(4)8-7-9-17(22)5/h7-12,14,18H,13H2,1-6H3,(H,24,27)(H,25,26). The summed E-state index contributed by atoms with van der Waals surface area (Å²) in [4.78, 5) is 24.6. The molecule has 0 aromatic heterocycles. The third kappa shape index (κ3) is 5.59. The summed E-state index contributed by atoms with van der Waals surface area (Å²) < 4.78 is 5.84. The Morgan fingerprint density at radius 1 is 0.964 bits per heavy atom. The first-order valence-corrected chi connectivity index (χ1v) is 9.60. The monoisotopic (exact) mass is 382 g/mol. The first kappa shape index (κ1) is 21.5. The molecule has 0 radical (unpaired) electrons. The largest absolute Gasteiger partial charge is 0.481 e. The zero-order valence-electron chi connectivity index (χ0n) is 17.6. The van der Waals surface area contributed by atoms with Crippen molar-refractivity contribution in [1.29, 1.82) is 0 Å². The van der Waals surface area contributed by atoms with Crippen LogP contribution in [0.3, 0.4) is 0 Å². The third-order valence-electron chi connectivity index (χ3n) is 4.72. The van der Waals surface area contributed by atoms with E-state index in [4.69, 9.17) is 4.74 Å². The van der Waals surface area contributed by atoms with Gasteiger partial charge in [0.15, 0.2) is 6.10 Å². The Balaban J connectivity index is 1.92. The number of carbonyl (C=O) groups is 2. The molecule has 5 heteroatoms. The Hall–Kier alpha value is -2.82. The molecule has 0 fully saturated rings. The lowest BCUT2D eigenvalue weighted by molar-refractivity contribution is -0.129. The van der Waals surface area contributed by atoms with Gasteiger partial charge in [-0.2, -0.15) is 0 Å². The van der Waals surface area contributed by atoms with Crippen molar-refractivity contribution in [3.8, 4) is 5.75 Å². The second kappa shape index (κ2) is 9.40. The Labute approximate surface area is 167 Å². The number of para-hydroxylation sites is 1. The van der Waals surface area contributed by atoms with E-state index in [9.17, 15) is 9.59 Å². The van der Waals surface area contributed by atoms with Crippen LogP contribution >= 0.6 is 0 Å². The van der Waals surface area contributed by atoms with Crippen molar-refractivity contribution < 1.29 is 14.3 Å². The molecule has 1 unspecified atom stereocenters. The summed E-state index contributed by atoms with van der Waals surface area (Å²) in [6.07, 6.45) is -0.700. The van der Waals surface area contributed by atoms with E-state index >= 15 is 0 Å². The van der Waals surface area contributed by atoms with Crippen molar-refractivity contribution >= 4 is 17.5 Å². The SMILES string of the molecule is Cc1ccc(C(C)C)cc1OC(C)C(=O)NCC(=O)Nc1c(C)cccc1C. The van der Waals surface area contributed by atoms with Crippen molar-refractivity contribution in [1.82, 2.24) is 5.32 Å². The topological polar surface area (TPSA) is 67.4 Å². The van der Waals surface area contributed by atoms with Crippen LogP contribution < -0.4 is 15.4 Å². The number of hydrogen-bond donors (Lipinski definition) is 2. The summed E-state index contributed by atoms with van der Waals surface area (Å²) in [7, 11) is 0. The Morgan fingerprint density at radius 2 is 1.61 bits per heavy atom. The van der Waals surface area contributed by atoms with Gasteiger partial charge in [0.2, 0.25) is 5.91 Å². The Kier molecular flexibility index (Phi) is 7.21. The lowest BCUT2D eigenvalue weighted by atomic mass is 10.0. The van der Waals surface area contributed by atoms with E-state index in [2.05, 4.69) is 30.5 Å². The highest BCUT2D eigenvalue weighted by atomic mass is 16.5. The van der Waals surface area contributed by atoms with Crippen molar-refractivity contribution in [2.75, 3.05) is 11.9 Å². The Bertz CT molecular complexity index is 839. The number of carbonyl (C=O) groups excluding carboxylic acids is 2. The number of anilines is 1. The minimum absolute atomic E-state index is 0.106. The van der Waals surface area contributed by atoms with Crippen molar-refractivity contribution in [3.05, 3.63) is 58.7 Å². The van der Waals surface area contributed by atoms with Crippen LogP contribution in [0.5, 0.6) is 5.75 Å². The van der Waals surface area contributed by atoms with Gasteiger partial charge in [-0.15, -0.1) is 0 Å². The van der Waals surface area contributed by atoms with Crippen LogP contribution in [0.4, 0.5) is 5.69 Å². The van der Waals surface area contributed by atoms with Gasteiger partial charge in [-0.3, -0.25) is 9.59 Å². The first-order valence-electron chi connectivity index (χ1n) is 9.60. The van der Waals surface area contributed by atoms with E-state index in [1.807, 2.05) is 51.1 Å². The second-order valence-electron chi connectivity index (χ2n) is 7.47. The second-order valence-corrected chi connectivity index (χ2v) is 7.47. The number of ether oxygens (including phenoxy) is 1. The molecule has 0 bridgehead atoms. The lowest BCUT2D eigenvalue weighted by Crippen LogP contribution is -2.40. The van der Waals surface area contributed by atoms with E-state index in [0.29, 0.717) is 11.7 Å². The van der Waals surface area contributed by atoms with Crippen LogP contribution in [0.25, 0.3) is 0 Å². The number of amides is 2. The molecule has 0 aliphatic rings. The molecule has 2 aromatic rings. The van der Waals surface area contributed by atoms with Gasteiger partial charge in [0.25, 0.3) is 5.91 Å². The fourth-order valence-corrected chi connectivity index (χ4v) is 2.85. The van der Waals surface area contributed by atoms with Gasteiger partial charge in [0.1, 0.15) is 5.75 Å². The average Bonchev–Trinajstić information content (AvgIpc) is 2.64. The van der Waals surface area contributed by atoms with Crippen LogP contribution in [0.1, 0.15) is 48.9 Å². The molecule has 150 valence electrons. The first-order chi connectivity index (χ1) is 13.2. The van der Waals surface area contributed by atoms with E-state index in [1.165, 1.54) is 0 Å². The van der Waals surface area contributed by atoms with Crippen molar-refractivity contribution in [2.24, 2.45) is 0 Å². The van der Waals surface area contributed by atoms with Gasteiger partial charge < -0.3 is 15.4 Å². The molecular formula is C23H30N2O3. The summed E-state index contributed by atoms with van der Waals surface area (Å²) >= 11 is 0. The maximum absolute atomic E-state index is 12.4. The molecule has 2 N–H and O–H groups in total. The number of aryl methyl sites for hydroxylation is 3. The van der Waals surface area contributed by atoms with Gasteiger partial charge in [-0.25, -0.2) is 0 Å². The van der Waals surface area contributed by atoms with Gasteiger partial charge in [-0.1, -0.05) is 44.2 Å². The molecule has 0 heterocycles. The van der Waals surface area contributed by atoms with Crippen molar-refractivity contribution in [2.45, 2.75) is 53.6 Å². The summed E-state index contributed by atoms with van der Waals surface area (Å²) in [5.41, 5.74) is 4.87. The van der Waals surface area contributed by atoms with Crippen LogP contribution in [0.15, 0.2) is 36.4 Å². The normalized spacial score (nSPS) is 11.8. The maximum atomic E-state index is 12.4. The summed E-state index contributed by atoms with van der Waals surface area (Å²) in [5.74, 6) is 0.469. The van der Waals surface area contributed by atoms with Gasteiger partial charge >= 0.3 is 0 Å². The maximum Gasteiger partial charge on any atom is 0.261 e. The molecule has 2 rings (SSSR count). The van der Waals surface area contributed by atoms with Gasteiger partial charge in [0.05, 0.1) is 6.54 Å². The summed E-state index contributed by atoms with van der Waals surface area (Å²) in [5, 5.41) is 5.50. The molecule has 1 atom stereocenters. The molecule has 0 saturated carbocycles. The predicted octanol–water partition coefficient (Wildman–Crippen LogP) is 4.26. The van der Waals surface area contributed by atoms with Gasteiger partial charge in [-0.05, 0) is 61.9 Å². The number of hydrogen-bond acceptors (Lipinski definition) is 3. The molecule has 0 aliphatic carbocycles. The number of nitrogens with one attached hydrogen (secondary N) is 2. The minimum Gasteiger partial charge on any atom is -0.481 e. The molecule has 2 amide bonds. The van der Waals surface area contributed by atoms with Crippen LogP contribution in [0, 0.1) is 20.8 Å². The smallest absolute Gasteiger partial charge is 0.261 e. The number of benzene rings is 2. The fraction of sp³-hybridized carbons (Fsp3) is 0.391. The summed E-state index contributed by atoms with van der Waals surface area (Å²) in [6.45, 7) is 11.6. The fourth-order valence-electron chi connectivity index (χ4n) is 2.85. The van der Waals surface area contributed by atoms with Crippen molar-refractivity contribution in [3.63, 3.8) is 0 Å². The zero-order chi connectivity index (χ0) is 20.8. The molecule has 5 nitrogen and oxygen atoms in total. The molecule has 0 saturated heterocycles. The highest BCUT2D eigenvalue weighted by molar-refractivity contribution is 5.96. The van der Waals surface area contributed by atoms with Crippen LogP contribution in [-0.4, -0.2) is 24.5 Å². The zero-order valence-corrected chi connectivity index (χ0v) is 17.6. The highest BCUT2D eigenvalue weighted by Crippen LogP contribution is 2.25. The molecule has 28 heavy (non-hydrogen) atoms. The molecule has 2 aromatic carbocycles. The highest BCUT2D eigenvalue weighted by Gasteiger charge is 2.17. The number of rotatable bonds is 7. The molecular weight excluding hydrogens is 352 g/mol. The molecule has 0 aliphatic heterocycles. The summed E-state index contributed by atoms with van der Waals surface area (Å²) in [6, 6.07) is 11.8.